The lowest BCUT2D eigenvalue weighted by atomic mass is 10.1. The van der Waals surface area contributed by atoms with Gasteiger partial charge in [0.2, 0.25) is 5.88 Å². The summed E-state index contributed by atoms with van der Waals surface area (Å²) < 4.78 is 1.32. The van der Waals surface area contributed by atoms with Gasteiger partial charge in [-0.25, -0.2) is 14.3 Å². The summed E-state index contributed by atoms with van der Waals surface area (Å²) in [6.45, 7) is 3.44. The number of carboxylic acids is 2. The maximum atomic E-state index is 12.8. The summed E-state index contributed by atoms with van der Waals surface area (Å²) in [5.74, 6) is -2.52. The Morgan fingerprint density at radius 1 is 0.838 bits per heavy atom. The van der Waals surface area contributed by atoms with E-state index in [0.29, 0.717) is 33.9 Å². The molecule has 1 amide bonds. The topological polar surface area (TPSA) is 145 Å². The largest absolute Gasteiger partial charge is 0.493 e. The third-order valence-electron chi connectivity index (χ3n) is 5.61. The molecule has 0 spiro atoms. The van der Waals surface area contributed by atoms with Crippen molar-refractivity contribution < 1.29 is 29.7 Å². The van der Waals surface area contributed by atoms with Crippen molar-refractivity contribution in [2.24, 2.45) is 5.10 Å². The molecular formula is C27H22N4O6. The standard InChI is InChI=1S/C27H22N4O6/c1-16-22(24(32)30(28-16)20-12-8-18(9-13-20)26(34)35)6-4-3-5-7-23-17(2)29-31(25(23)33)21-14-10-19(11-15-21)27(36)37/h3-15,32H,1-2H3,(H,34,35)(H,36,37)/b5-3+,6-4+,23-7+. The molecule has 2 aromatic carbocycles. The Hall–Kier alpha value is -5.25. The van der Waals surface area contributed by atoms with Crippen LogP contribution in [0.3, 0.4) is 0 Å². The van der Waals surface area contributed by atoms with Gasteiger partial charge >= 0.3 is 11.9 Å². The van der Waals surface area contributed by atoms with Gasteiger partial charge in [-0.2, -0.15) is 15.2 Å². The molecule has 0 aliphatic carbocycles. The average molecular weight is 498 g/mol. The Labute approximate surface area is 211 Å². The average Bonchev–Trinajstić information content (AvgIpc) is 3.33. The van der Waals surface area contributed by atoms with Gasteiger partial charge in [-0.05, 0) is 74.5 Å². The Morgan fingerprint density at radius 2 is 1.41 bits per heavy atom. The van der Waals surface area contributed by atoms with Gasteiger partial charge in [0.05, 0.1) is 45.0 Å². The van der Waals surface area contributed by atoms with Crippen molar-refractivity contribution >= 4 is 35.3 Å². The van der Waals surface area contributed by atoms with Crippen LogP contribution in [0.4, 0.5) is 5.69 Å². The molecule has 10 nitrogen and oxygen atoms in total. The van der Waals surface area contributed by atoms with Gasteiger partial charge in [-0.3, -0.25) is 4.79 Å². The fraction of sp³-hybridized carbons (Fsp3) is 0.0741. The molecular weight excluding hydrogens is 476 g/mol. The minimum absolute atomic E-state index is 0.0953. The van der Waals surface area contributed by atoms with Crippen molar-refractivity contribution in [1.29, 1.82) is 0 Å². The second-order valence-electron chi connectivity index (χ2n) is 8.07. The number of hydrogen-bond acceptors (Lipinski definition) is 6. The third kappa shape index (κ3) is 5.08. The first-order valence-electron chi connectivity index (χ1n) is 11.1. The molecule has 0 unspecified atom stereocenters. The predicted molar refractivity (Wildman–Crippen MR) is 137 cm³/mol. The molecule has 1 aliphatic heterocycles. The number of aromatic carboxylic acids is 2. The number of carbonyl (C=O) groups is 3. The van der Waals surface area contributed by atoms with E-state index in [0.717, 1.165) is 0 Å². The van der Waals surface area contributed by atoms with Crippen LogP contribution in [-0.2, 0) is 4.79 Å². The van der Waals surface area contributed by atoms with E-state index < -0.39 is 11.9 Å². The van der Waals surface area contributed by atoms with Gasteiger partial charge < -0.3 is 15.3 Å². The van der Waals surface area contributed by atoms with E-state index in [9.17, 15) is 19.5 Å². The molecule has 0 saturated carbocycles. The highest BCUT2D eigenvalue weighted by Crippen LogP contribution is 2.27. The molecule has 0 radical (unpaired) electrons. The van der Waals surface area contributed by atoms with Gasteiger partial charge in [0.15, 0.2) is 0 Å². The fourth-order valence-electron chi connectivity index (χ4n) is 3.65. The Balaban J connectivity index is 1.47. The predicted octanol–water partition coefficient (Wildman–Crippen LogP) is 4.20. The van der Waals surface area contributed by atoms with E-state index in [1.165, 1.54) is 46.1 Å². The molecule has 0 atom stereocenters. The third-order valence-corrected chi connectivity index (χ3v) is 5.61. The zero-order valence-corrected chi connectivity index (χ0v) is 19.9. The number of anilines is 1. The van der Waals surface area contributed by atoms with Crippen molar-refractivity contribution in [3.05, 3.63) is 101 Å². The van der Waals surface area contributed by atoms with Crippen LogP contribution in [0.1, 0.15) is 38.9 Å². The van der Waals surface area contributed by atoms with Gasteiger partial charge in [0, 0.05) is 0 Å². The van der Waals surface area contributed by atoms with Gasteiger partial charge in [-0.1, -0.05) is 18.2 Å². The summed E-state index contributed by atoms with van der Waals surface area (Å²) >= 11 is 0. The summed E-state index contributed by atoms with van der Waals surface area (Å²) in [6.07, 6.45) is 8.34. The minimum Gasteiger partial charge on any atom is -0.493 e. The number of amides is 1. The normalized spacial score (nSPS) is 14.8. The van der Waals surface area contributed by atoms with Crippen molar-refractivity contribution in [3.8, 4) is 11.6 Å². The Bertz CT molecular complexity index is 1510. The Morgan fingerprint density at radius 3 is 1.97 bits per heavy atom. The monoisotopic (exact) mass is 498 g/mol. The number of benzene rings is 2. The van der Waals surface area contributed by atoms with Crippen LogP contribution < -0.4 is 5.01 Å². The first-order valence-corrected chi connectivity index (χ1v) is 11.1. The summed E-state index contributed by atoms with van der Waals surface area (Å²) in [4.78, 5) is 34.9. The van der Waals surface area contributed by atoms with Crippen molar-refractivity contribution in [1.82, 2.24) is 9.78 Å². The second kappa shape index (κ2) is 10.2. The van der Waals surface area contributed by atoms with Crippen LogP contribution >= 0.6 is 0 Å². The molecule has 1 aliphatic rings. The lowest BCUT2D eigenvalue weighted by Gasteiger charge is -2.11. The van der Waals surface area contributed by atoms with Crippen molar-refractivity contribution in [3.63, 3.8) is 0 Å². The van der Waals surface area contributed by atoms with Crippen LogP contribution in [-0.4, -0.2) is 48.7 Å². The van der Waals surface area contributed by atoms with E-state index in [1.54, 1.807) is 56.4 Å². The highest BCUT2D eigenvalue weighted by atomic mass is 16.4. The number of aromatic nitrogens is 2. The summed E-state index contributed by atoms with van der Waals surface area (Å²) in [7, 11) is 0. The fourth-order valence-corrected chi connectivity index (χ4v) is 3.65. The smallest absolute Gasteiger partial charge is 0.335 e. The molecule has 0 fully saturated rings. The number of carbonyl (C=O) groups excluding carboxylic acids is 1. The molecule has 2 heterocycles. The molecule has 10 heteroatoms. The van der Waals surface area contributed by atoms with Crippen molar-refractivity contribution in [2.75, 3.05) is 5.01 Å². The van der Waals surface area contributed by atoms with Crippen molar-refractivity contribution in [2.45, 2.75) is 13.8 Å². The van der Waals surface area contributed by atoms with Gasteiger partial charge in [0.25, 0.3) is 5.91 Å². The van der Waals surface area contributed by atoms with E-state index in [1.807, 2.05) is 0 Å². The minimum atomic E-state index is -1.05. The van der Waals surface area contributed by atoms with E-state index in [2.05, 4.69) is 10.2 Å². The lowest BCUT2D eigenvalue weighted by Crippen LogP contribution is -2.21. The first-order chi connectivity index (χ1) is 17.7. The summed E-state index contributed by atoms with van der Waals surface area (Å²) in [6, 6.07) is 11.8. The van der Waals surface area contributed by atoms with Crippen LogP contribution in [0.25, 0.3) is 11.8 Å². The van der Waals surface area contributed by atoms with Crippen LogP contribution in [0.2, 0.25) is 0 Å². The van der Waals surface area contributed by atoms with E-state index in [-0.39, 0.29) is 22.9 Å². The number of hydrazone groups is 1. The number of hydrogen-bond donors (Lipinski definition) is 3. The number of carboxylic acid groups (broad SMARTS) is 2. The SMILES string of the molecule is CC1=NN(c2ccc(C(=O)O)cc2)C(=O)/C1=C/C=C/C=C/c1c(C)nn(-c2ccc(C(=O)O)cc2)c1O. The summed E-state index contributed by atoms with van der Waals surface area (Å²) in [5.41, 5.74) is 3.19. The molecule has 3 N–H and O–H groups in total. The number of aromatic hydroxyl groups is 1. The number of nitrogens with zero attached hydrogens (tertiary/aromatic N) is 4. The molecule has 1 aromatic heterocycles. The molecule has 37 heavy (non-hydrogen) atoms. The number of rotatable bonds is 7. The quantitative estimate of drug-likeness (QED) is 0.327. The zero-order chi connectivity index (χ0) is 26.7. The maximum Gasteiger partial charge on any atom is 0.335 e. The first kappa shape index (κ1) is 24.9. The lowest BCUT2D eigenvalue weighted by molar-refractivity contribution is -0.114. The molecule has 3 aromatic rings. The zero-order valence-electron chi connectivity index (χ0n) is 19.9. The molecule has 4 rings (SSSR count). The number of aryl methyl sites for hydroxylation is 1. The molecule has 0 saturated heterocycles. The summed E-state index contributed by atoms with van der Waals surface area (Å²) in [5, 5.41) is 38.5. The van der Waals surface area contributed by atoms with Crippen LogP contribution in [0.15, 0.2) is 83.5 Å². The Kier molecular flexibility index (Phi) is 6.83. The van der Waals surface area contributed by atoms with Gasteiger partial charge in [-0.15, -0.1) is 0 Å². The van der Waals surface area contributed by atoms with E-state index in [4.69, 9.17) is 10.2 Å². The number of allylic oxidation sites excluding steroid dienone is 4. The van der Waals surface area contributed by atoms with Crippen LogP contribution in [0, 0.1) is 6.92 Å². The van der Waals surface area contributed by atoms with Crippen LogP contribution in [0.5, 0.6) is 5.88 Å². The molecule has 0 bridgehead atoms. The maximum absolute atomic E-state index is 12.8. The highest BCUT2D eigenvalue weighted by Gasteiger charge is 2.28. The highest BCUT2D eigenvalue weighted by molar-refractivity contribution is 6.29. The molecule has 186 valence electrons. The van der Waals surface area contributed by atoms with E-state index >= 15 is 0 Å². The van der Waals surface area contributed by atoms with Gasteiger partial charge in [0.1, 0.15) is 0 Å². The second-order valence-corrected chi connectivity index (χ2v) is 8.07.